The second-order valence-corrected chi connectivity index (χ2v) is 10.7. The number of para-hydroxylation sites is 1. The Morgan fingerprint density at radius 2 is 1.43 bits per heavy atom. The van der Waals surface area contributed by atoms with Crippen LogP contribution >= 0.6 is 0 Å². The number of rotatable bonds is 17. The van der Waals surface area contributed by atoms with Crippen molar-refractivity contribution in [2.24, 2.45) is 27.9 Å². The number of carbonyl (C=O) groups excluding carboxylic acids is 4. The molecule has 4 unspecified atom stereocenters. The summed E-state index contributed by atoms with van der Waals surface area (Å²) in [5.74, 6) is -4.88. The molecule has 2 aromatic carbocycles. The molecule has 1 aromatic heterocycles. The summed E-state index contributed by atoms with van der Waals surface area (Å²) in [7, 11) is 0. The normalized spacial score (nSPS) is 13.5. The van der Waals surface area contributed by atoms with E-state index in [0.717, 1.165) is 10.9 Å². The number of aromatic nitrogens is 1. The van der Waals surface area contributed by atoms with Crippen molar-refractivity contribution in [3.8, 4) is 5.75 Å². The summed E-state index contributed by atoms with van der Waals surface area (Å²) >= 11 is 0. The number of carboxylic acids is 1. The third-order valence-electron chi connectivity index (χ3n) is 7.07. The van der Waals surface area contributed by atoms with E-state index in [9.17, 15) is 34.2 Å². The number of phenolic OH excluding ortho intramolecular Hbond substituents is 1. The highest BCUT2D eigenvalue weighted by atomic mass is 16.4. The number of aliphatic imine (C=N–C) groups is 1. The van der Waals surface area contributed by atoms with Crippen LogP contribution in [0.4, 0.5) is 0 Å². The van der Waals surface area contributed by atoms with Crippen molar-refractivity contribution in [1.82, 2.24) is 20.9 Å². The van der Waals surface area contributed by atoms with E-state index in [1.165, 1.54) is 24.3 Å². The molecule has 0 fully saturated rings. The highest BCUT2D eigenvalue weighted by Crippen LogP contribution is 2.20. The fourth-order valence-corrected chi connectivity index (χ4v) is 4.68. The molecule has 0 saturated carbocycles. The number of carbonyl (C=O) groups is 5. The predicted octanol–water partition coefficient (Wildman–Crippen LogP) is -1.55. The Labute approximate surface area is 264 Å². The third-order valence-corrected chi connectivity index (χ3v) is 7.07. The van der Waals surface area contributed by atoms with Gasteiger partial charge in [0.15, 0.2) is 5.96 Å². The van der Waals surface area contributed by atoms with Gasteiger partial charge in [0.2, 0.25) is 23.6 Å². The first kappa shape index (κ1) is 34.8. The van der Waals surface area contributed by atoms with Crippen molar-refractivity contribution in [3.63, 3.8) is 0 Å². The number of aliphatic carboxylic acids is 1. The van der Waals surface area contributed by atoms with Gasteiger partial charge in [0, 0.05) is 36.5 Å². The molecule has 14 N–H and O–H groups in total. The number of guanidine groups is 1. The maximum atomic E-state index is 13.8. The number of nitrogens with two attached hydrogens (primary N) is 4. The first-order valence-corrected chi connectivity index (χ1v) is 14.4. The van der Waals surface area contributed by atoms with E-state index in [1.54, 1.807) is 6.20 Å². The van der Waals surface area contributed by atoms with Crippen molar-refractivity contribution < 1.29 is 34.2 Å². The maximum Gasteiger partial charge on any atom is 0.326 e. The molecule has 16 heteroatoms. The second-order valence-electron chi connectivity index (χ2n) is 10.7. The number of phenols is 1. The number of hydrogen-bond donors (Lipinski definition) is 10. The lowest BCUT2D eigenvalue weighted by atomic mass is 10.0. The fourth-order valence-electron chi connectivity index (χ4n) is 4.68. The minimum Gasteiger partial charge on any atom is -0.508 e. The zero-order valence-corrected chi connectivity index (χ0v) is 24.9. The van der Waals surface area contributed by atoms with Gasteiger partial charge in [-0.2, -0.15) is 0 Å². The number of fused-ring (bicyclic) bond motifs is 1. The van der Waals surface area contributed by atoms with Gasteiger partial charge >= 0.3 is 5.97 Å². The van der Waals surface area contributed by atoms with Crippen molar-refractivity contribution in [2.45, 2.75) is 56.3 Å². The number of hydrogen-bond acceptors (Lipinski definition) is 8. The summed E-state index contributed by atoms with van der Waals surface area (Å²) in [4.78, 5) is 70.4. The van der Waals surface area contributed by atoms with Crippen molar-refractivity contribution in [2.75, 3.05) is 6.54 Å². The standard InChI is InChI=1S/C30H39N9O7/c31-20(5-3-11-35-30(33)34)26(42)37-23(13-17-15-36-21-6-2-1-4-19(17)21)28(44)38-22(12-16-7-9-18(40)10-8-16)27(43)39-24(29(45)46)14-25(32)41/h1-2,4,6-10,15,20,22-24,36,40H,3,5,11-14,31H2,(H2,32,41)(H,37,42)(H,38,44)(H,39,43)(H,45,46)(H4,33,34,35). The minimum atomic E-state index is -1.65. The number of primary amides is 1. The van der Waals surface area contributed by atoms with Gasteiger partial charge in [0.25, 0.3) is 0 Å². The SMILES string of the molecule is NC(=O)CC(NC(=O)C(Cc1ccc(O)cc1)NC(=O)C(Cc1c[nH]c2ccccc12)NC(=O)C(N)CCCN=C(N)N)C(=O)O. The number of carboxylic acid groups (broad SMARTS) is 1. The van der Waals surface area contributed by atoms with Gasteiger partial charge in [-0.05, 0) is 42.2 Å². The molecule has 0 saturated heterocycles. The molecule has 0 spiro atoms. The molecular weight excluding hydrogens is 598 g/mol. The first-order valence-electron chi connectivity index (χ1n) is 14.4. The van der Waals surface area contributed by atoms with Gasteiger partial charge < -0.3 is 54.1 Å². The van der Waals surface area contributed by atoms with Gasteiger partial charge in [-0.25, -0.2) is 4.79 Å². The average molecular weight is 638 g/mol. The van der Waals surface area contributed by atoms with Gasteiger partial charge in [-0.1, -0.05) is 30.3 Å². The Hall–Kier alpha value is -5.64. The molecule has 46 heavy (non-hydrogen) atoms. The summed E-state index contributed by atoms with van der Waals surface area (Å²) in [6.45, 7) is 0.254. The highest BCUT2D eigenvalue weighted by Gasteiger charge is 2.31. The molecule has 4 amide bonds. The van der Waals surface area contributed by atoms with Gasteiger partial charge in [-0.15, -0.1) is 0 Å². The first-order chi connectivity index (χ1) is 21.8. The lowest BCUT2D eigenvalue weighted by Crippen LogP contribution is -2.58. The lowest BCUT2D eigenvalue weighted by molar-refractivity contribution is -0.143. The highest BCUT2D eigenvalue weighted by molar-refractivity contribution is 5.95. The quantitative estimate of drug-likeness (QED) is 0.0462. The van der Waals surface area contributed by atoms with E-state index < -0.39 is 60.2 Å². The van der Waals surface area contributed by atoms with Crippen molar-refractivity contribution in [3.05, 3.63) is 65.9 Å². The molecule has 3 aromatic rings. The molecule has 0 aliphatic carbocycles. The fraction of sp³-hybridized carbons (Fsp3) is 0.333. The molecule has 0 bridgehead atoms. The number of H-pyrrole nitrogens is 1. The molecule has 0 radical (unpaired) electrons. The average Bonchev–Trinajstić information content (AvgIpc) is 3.41. The lowest BCUT2D eigenvalue weighted by Gasteiger charge is -2.25. The van der Waals surface area contributed by atoms with Crippen LogP contribution in [-0.4, -0.2) is 81.5 Å². The van der Waals surface area contributed by atoms with Crippen molar-refractivity contribution >= 4 is 46.5 Å². The second kappa shape index (κ2) is 16.4. The predicted molar refractivity (Wildman–Crippen MR) is 169 cm³/mol. The number of amides is 4. The summed E-state index contributed by atoms with van der Waals surface area (Å²) in [6.07, 6.45) is 1.52. The smallest absolute Gasteiger partial charge is 0.326 e. The molecule has 1 heterocycles. The van der Waals surface area contributed by atoms with Gasteiger partial charge in [-0.3, -0.25) is 24.2 Å². The van der Waals surface area contributed by atoms with Crippen LogP contribution in [-0.2, 0) is 36.8 Å². The van der Waals surface area contributed by atoms with E-state index >= 15 is 0 Å². The minimum absolute atomic E-state index is 0.00921. The number of nitrogens with one attached hydrogen (secondary N) is 4. The van der Waals surface area contributed by atoms with Gasteiger partial charge in [0.05, 0.1) is 12.5 Å². The van der Waals surface area contributed by atoms with E-state index in [0.29, 0.717) is 17.5 Å². The summed E-state index contributed by atoms with van der Waals surface area (Å²) in [5, 5.41) is 27.5. The topological polar surface area (TPSA) is 294 Å². The summed E-state index contributed by atoms with van der Waals surface area (Å²) in [5.41, 5.74) is 23.9. The molecule has 3 rings (SSSR count). The number of aromatic hydroxyl groups is 1. The monoisotopic (exact) mass is 637 g/mol. The number of benzene rings is 2. The van der Waals surface area contributed by atoms with Crippen molar-refractivity contribution in [1.29, 1.82) is 0 Å². The Bertz CT molecular complexity index is 1570. The zero-order chi connectivity index (χ0) is 33.8. The van der Waals surface area contributed by atoms with Crippen LogP contribution in [0.2, 0.25) is 0 Å². The maximum absolute atomic E-state index is 13.8. The Kier molecular flexibility index (Phi) is 12.5. The molecule has 0 aliphatic rings. The van der Waals surface area contributed by atoms with Crippen LogP contribution < -0.4 is 38.9 Å². The van der Waals surface area contributed by atoms with Crippen LogP contribution in [0, 0.1) is 0 Å². The van der Waals surface area contributed by atoms with Gasteiger partial charge in [0.1, 0.15) is 23.9 Å². The Balaban J connectivity index is 1.87. The van der Waals surface area contributed by atoms with Crippen LogP contribution in [0.3, 0.4) is 0 Å². The van der Waals surface area contributed by atoms with Crippen LogP contribution in [0.1, 0.15) is 30.4 Å². The van der Waals surface area contributed by atoms with Crippen LogP contribution in [0.25, 0.3) is 10.9 Å². The van der Waals surface area contributed by atoms with E-state index in [-0.39, 0.29) is 37.5 Å². The summed E-state index contributed by atoms with van der Waals surface area (Å²) in [6, 6.07) is 7.93. The van der Waals surface area contributed by atoms with E-state index in [4.69, 9.17) is 22.9 Å². The number of nitrogens with zero attached hydrogens (tertiary/aromatic N) is 1. The van der Waals surface area contributed by atoms with Crippen LogP contribution in [0.15, 0.2) is 59.7 Å². The largest absolute Gasteiger partial charge is 0.508 e. The van der Waals surface area contributed by atoms with E-state index in [2.05, 4.69) is 25.9 Å². The van der Waals surface area contributed by atoms with E-state index in [1.807, 2.05) is 24.3 Å². The Morgan fingerprint density at radius 1 is 0.826 bits per heavy atom. The molecule has 246 valence electrons. The van der Waals surface area contributed by atoms with Crippen LogP contribution in [0.5, 0.6) is 5.75 Å². The Morgan fingerprint density at radius 3 is 2.07 bits per heavy atom. The molecule has 16 nitrogen and oxygen atoms in total. The third kappa shape index (κ3) is 10.5. The molecular formula is C30H39N9O7. The molecule has 4 atom stereocenters. The number of aromatic amines is 1. The zero-order valence-electron chi connectivity index (χ0n) is 24.9. The summed E-state index contributed by atoms with van der Waals surface area (Å²) < 4.78 is 0. The molecule has 0 aliphatic heterocycles.